The number of benzene rings is 1. The van der Waals surface area contributed by atoms with Crippen molar-refractivity contribution >= 4 is 28.9 Å². The molecule has 1 saturated heterocycles. The van der Waals surface area contributed by atoms with Gasteiger partial charge in [0.2, 0.25) is 5.95 Å². The number of likely N-dealkylation sites (tertiary alicyclic amines) is 1. The second-order valence-electron chi connectivity index (χ2n) is 7.69. The summed E-state index contributed by atoms with van der Waals surface area (Å²) in [6.45, 7) is 2.41. The number of rotatable bonds is 6. The summed E-state index contributed by atoms with van der Waals surface area (Å²) in [5.74, 6) is 0.412. The van der Waals surface area contributed by atoms with E-state index in [2.05, 4.69) is 15.3 Å². The molecule has 3 aromatic rings. The first-order chi connectivity index (χ1) is 15.0. The molecule has 4 rings (SSSR count). The average Bonchev–Trinajstić information content (AvgIpc) is 3.29. The van der Waals surface area contributed by atoms with Crippen LogP contribution < -0.4 is 5.32 Å². The Labute approximate surface area is 185 Å². The standard InChI is InChI=1S/C23H26N4O3S/c1-15(29)16-5-4-6-17(13-16)25-23-24-11-10-19(26-23)20-8-9-21(31-20)22(30)27-12-3-2-7-18(27)14-28/h4-6,8-11,13,15,18,28-29H,2-3,7,12,14H2,1H3,(H,24,25,26). The number of hydrogen-bond acceptors (Lipinski definition) is 7. The Balaban J connectivity index is 1.52. The van der Waals surface area contributed by atoms with Crippen LogP contribution in [0.15, 0.2) is 48.7 Å². The van der Waals surface area contributed by atoms with E-state index in [1.807, 2.05) is 42.5 Å². The third-order valence-electron chi connectivity index (χ3n) is 5.45. The van der Waals surface area contributed by atoms with Gasteiger partial charge in [-0.2, -0.15) is 0 Å². The first-order valence-electron chi connectivity index (χ1n) is 10.5. The van der Waals surface area contributed by atoms with E-state index in [-0.39, 0.29) is 18.6 Å². The van der Waals surface area contributed by atoms with Gasteiger partial charge in [-0.25, -0.2) is 9.97 Å². The lowest BCUT2D eigenvalue weighted by atomic mass is 10.0. The van der Waals surface area contributed by atoms with Gasteiger partial charge in [-0.05, 0) is 62.1 Å². The van der Waals surface area contributed by atoms with E-state index in [0.717, 1.165) is 41.1 Å². The third-order valence-corrected chi connectivity index (χ3v) is 6.54. The Kier molecular flexibility index (Phi) is 6.60. The van der Waals surface area contributed by atoms with Crippen molar-refractivity contribution in [2.24, 2.45) is 0 Å². The van der Waals surface area contributed by atoms with Crippen LogP contribution in [0, 0.1) is 0 Å². The number of piperidine rings is 1. The Morgan fingerprint density at radius 3 is 2.97 bits per heavy atom. The van der Waals surface area contributed by atoms with Crippen molar-refractivity contribution in [3.8, 4) is 10.6 Å². The van der Waals surface area contributed by atoms with Crippen LogP contribution in [-0.4, -0.2) is 50.2 Å². The first-order valence-corrected chi connectivity index (χ1v) is 11.3. The molecule has 2 atom stereocenters. The molecule has 0 radical (unpaired) electrons. The molecule has 1 aromatic carbocycles. The maximum Gasteiger partial charge on any atom is 0.264 e. The lowest BCUT2D eigenvalue weighted by Crippen LogP contribution is -2.45. The molecule has 1 aliphatic rings. The molecule has 2 aromatic heterocycles. The number of hydrogen-bond donors (Lipinski definition) is 3. The lowest BCUT2D eigenvalue weighted by molar-refractivity contribution is 0.0508. The fraction of sp³-hybridized carbons (Fsp3) is 0.348. The number of aliphatic hydroxyl groups excluding tert-OH is 2. The summed E-state index contributed by atoms with van der Waals surface area (Å²) in [5, 5.41) is 22.6. The molecule has 1 aliphatic heterocycles. The average molecular weight is 439 g/mol. The van der Waals surface area contributed by atoms with Gasteiger partial charge in [0.15, 0.2) is 0 Å². The summed E-state index contributed by atoms with van der Waals surface area (Å²) in [4.78, 5) is 25.2. The van der Waals surface area contributed by atoms with Gasteiger partial charge in [0.05, 0.1) is 34.2 Å². The van der Waals surface area contributed by atoms with E-state index >= 15 is 0 Å². The number of carbonyl (C=O) groups is 1. The SMILES string of the molecule is CC(O)c1cccc(Nc2nccc(-c3ccc(C(=O)N4CCCCC4CO)s3)n2)c1. The monoisotopic (exact) mass is 438 g/mol. The zero-order valence-corrected chi connectivity index (χ0v) is 18.2. The predicted octanol–water partition coefficient (Wildman–Crippen LogP) is 3.99. The van der Waals surface area contributed by atoms with Gasteiger partial charge in [0.25, 0.3) is 5.91 Å². The minimum absolute atomic E-state index is 0.00116. The van der Waals surface area contributed by atoms with Crippen molar-refractivity contribution < 1.29 is 15.0 Å². The molecule has 2 unspecified atom stereocenters. The van der Waals surface area contributed by atoms with Crippen molar-refractivity contribution in [1.29, 1.82) is 0 Å². The maximum atomic E-state index is 13.0. The fourth-order valence-electron chi connectivity index (χ4n) is 3.75. The van der Waals surface area contributed by atoms with Gasteiger partial charge in [-0.15, -0.1) is 11.3 Å². The van der Waals surface area contributed by atoms with Crippen molar-refractivity contribution in [2.45, 2.75) is 38.3 Å². The van der Waals surface area contributed by atoms with Crippen molar-refractivity contribution in [1.82, 2.24) is 14.9 Å². The van der Waals surface area contributed by atoms with Crippen LogP contribution in [0.3, 0.4) is 0 Å². The highest BCUT2D eigenvalue weighted by molar-refractivity contribution is 7.17. The zero-order valence-electron chi connectivity index (χ0n) is 17.4. The summed E-state index contributed by atoms with van der Waals surface area (Å²) in [6.07, 6.45) is 3.98. The highest BCUT2D eigenvalue weighted by Gasteiger charge is 2.27. The highest BCUT2D eigenvalue weighted by Crippen LogP contribution is 2.30. The minimum atomic E-state index is -0.554. The number of amides is 1. The first kappa shape index (κ1) is 21.4. The van der Waals surface area contributed by atoms with Crippen LogP contribution in [-0.2, 0) is 0 Å². The zero-order chi connectivity index (χ0) is 21.8. The van der Waals surface area contributed by atoms with Crippen LogP contribution >= 0.6 is 11.3 Å². The molecule has 1 fully saturated rings. The summed E-state index contributed by atoms with van der Waals surface area (Å²) in [7, 11) is 0. The van der Waals surface area contributed by atoms with Crippen molar-refractivity contribution in [2.75, 3.05) is 18.5 Å². The van der Waals surface area contributed by atoms with Gasteiger partial charge >= 0.3 is 0 Å². The molecule has 0 saturated carbocycles. The smallest absolute Gasteiger partial charge is 0.264 e. The quantitative estimate of drug-likeness (QED) is 0.538. The summed E-state index contributed by atoms with van der Waals surface area (Å²) in [5.41, 5.74) is 2.32. The van der Waals surface area contributed by atoms with E-state index in [1.165, 1.54) is 11.3 Å². The van der Waals surface area contributed by atoms with Crippen LogP contribution in [0.1, 0.15) is 47.5 Å². The molecule has 0 aliphatic carbocycles. The predicted molar refractivity (Wildman–Crippen MR) is 121 cm³/mol. The van der Waals surface area contributed by atoms with Crippen LogP contribution in [0.5, 0.6) is 0 Å². The molecule has 7 nitrogen and oxygen atoms in total. The second-order valence-corrected chi connectivity index (χ2v) is 8.77. The highest BCUT2D eigenvalue weighted by atomic mass is 32.1. The van der Waals surface area contributed by atoms with Gasteiger partial charge in [0, 0.05) is 18.4 Å². The second kappa shape index (κ2) is 9.55. The topological polar surface area (TPSA) is 98.6 Å². The normalized spacial score (nSPS) is 17.4. The number of nitrogens with zero attached hydrogens (tertiary/aromatic N) is 3. The van der Waals surface area contributed by atoms with E-state index in [4.69, 9.17) is 0 Å². The molecular weight excluding hydrogens is 412 g/mol. The molecule has 0 spiro atoms. The summed E-state index contributed by atoms with van der Waals surface area (Å²) >= 11 is 1.40. The Hall–Kier alpha value is -2.81. The lowest BCUT2D eigenvalue weighted by Gasteiger charge is -2.34. The van der Waals surface area contributed by atoms with Gasteiger partial charge in [-0.3, -0.25) is 4.79 Å². The summed E-state index contributed by atoms with van der Waals surface area (Å²) in [6, 6.07) is 12.9. The molecule has 1 amide bonds. The number of carbonyl (C=O) groups excluding carboxylic acids is 1. The van der Waals surface area contributed by atoms with Gasteiger partial charge < -0.3 is 20.4 Å². The van der Waals surface area contributed by atoms with Gasteiger partial charge in [-0.1, -0.05) is 12.1 Å². The summed E-state index contributed by atoms with van der Waals surface area (Å²) < 4.78 is 0. The molecule has 3 N–H and O–H groups in total. The molecular formula is C23H26N4O3S. The molecule has 162 valence electrons. The van der Waals surface area contributed by atoms with Crippen LogP contribution in [0.4, 0.5) is 11.6 Å². The fourth-order valence-corrected chi connectivity index (χ4v) is 4.68. The number of nitrogens with one attached hydrogen (secondary N) is 1. The number of anilines is 2. The largest absolute Gasteiger partial charge is 0.394 e. The van der Waals surface area contributed by atoms with E-state index in [9.17, 15) is 15.0 Å². The van der Waals surface area contributed by atoms with Crippen LogP contribution in [0.2, 0.25) is 0 Å². The molecule has 3 heterocycles. The van der Waals surface area contributed by atoms with Crippen molar-refractivity contribution in [3.63, 3.8) is 0 Å². The molecule has 0 bridgehead atoms. The number of aliphatic hydroxyl groups is 2. The van der Waals surface area contributed by atoms with E-state index < -0.39 is 6.10 Å². The molecule has 31 heavy (non-hydrogen) atoms. The van der Waals surface area contributed by atoms with E-state index in [0.29, 0.717) is 17.4 Å². The number of aromatic nitrogens is 2. The number of thiophene rings is 1. The Morgan fingerprint density at radius 1 is 1.29 bits per heavy atom. The van der Waals surface area contributed by atoms with E-state index in [1.54, 1.807) is 18.0 Å². The maximum absolute atomic E-state index is 13.0. The van der Waals surface area contributed by atoms with Crippen LogP contribution in [0.25, 0.3) is 10.6 Å². The minimum Gasteiger partial charge on any atom is -0.394 e. The third kappa shape index (κ3) is 4.92. The Morgan fingerprint density at radius 2 is 2.16 bits per heavy atom. The van der Waals surface area contributed by atoms with Crippen molar-refractivity contribution in [3.05, 3.63) is 59.1 Å². The molecule has 8 heteroatoms. The van der Waals surface area contributed by atoms with Gasteiger partial charge in [0.1, 0.15) is 0 Å². The Bertz CT molecular complexity index is 1050.